The summed E-state index contributed by atoms with van der Waals surface area (Å²) in [5.41, 5.74) is 7.96. The van der Waals surface area contributed by atoms with Gasteiger partial charge in [-0.2, -0.15) is 0 Å². The zero-order valence-corrected chi connectivity index (χ0v) is 11.1. The van der Waals surface area contributed by atoms with E-state index in [1.807, 2.05) is 12.1 Å². The lowest BCUT2D eigenvalue weighted by Crippen LogP contribution is -2.56. The van der Waals surface area contributed by atoms with Crippen molar-refractivity contribution < 1.29 is 9.84 Å². The first kappa shape index (κ1) is 13.2. The number of rotatable bonds is 3. The summed E-state index contributed by atoms with van der Waals surface area (Å²) in [4.78, 5) is 2.21. The number of benzene rings is 1. The number of aryl methyl sites for hydroxylation is 1. The van der Waals surface area contributed by atoms with Gasteiger partial charge in [0.05, 0.1) is 24.9 Å². The monoisotopic (exact) mass is 250 g/mol. The molecule has 2 rings (SSSR count). The third-order valence-corrected chi connectivity index (χ3v) is 3.60. The molecule has 4 heteroatoms. The second-order valence-electron chi connectivity index (χ2n) is 5.22. The number of nitrogens with two attached hydrogens (primary N) is 1. The number of aliphatic hydroxyl groups excluding tert-OH is 1. The van der Waals surface area contributed by atoms with E-state index in [9.17, 15) is 5.11 Å². The van der Waals surface area contributed by atoms with Crippen LogP contribution < -0.4 is 15.4 Å². The van der Waals surface area contributed by atoms with Crippen molar-refractivity contribution >= 4 is 5.69 Å². The van der Waals surface area contributed by atoms with Crippen molar-refractivity contribution in [2.45, 2.75) is 25.3 Å². The number of piperidine rings is 1. The van der Waals surface area contributed by atoms with Crippen LogP contribution in [0.2, 0.25) is 0 Å². The summed E-state index contributed by atoms with van der Waals surface area (Å²) in [6.07, 6.45) is 1.86. The second kappa shape index (κ2) is 5.16. The molecule has 0 spiro atoms. The van der Waals surface area contributed by atoms with E-state index in [1.54, 1.807) is 7.11 Å². The predicted octanol–water partition coefficient (Wildman–Crippen LogP) is 1.29. The Morgan fingerprint density at radius 2 is 2.28 bits per heavy atom. The van der Waals surface area contributed by atoms with Crippen LogP contribution in [-0.2, 0) is 0 Å². The first-order valence-corrected chi connectivity index (χ1v) is 6.37. The van der Waals surface area contributed by atoms with E-state index >= 15 is 0 Å². The molecule has 0 amide bonds. The molecule has 0 aliphatic carbocycles. The maximum atomic E-state index is 9.41. The molecule has 1 aliphatic heterocycles. The van der Waals surface area contributed by atoms with Gasteiger partial charge in [0.1, 0.15) is 5.75 Å². The van der Waals surface area contributed by atoms with Crippen molar-refractivity contribution in [2.75, 3.05) is 31.7 Å². The Morgan fingerprint density at radius 1 is 1.50 bits per heavy atom. The molecule has 3 N–H and O–H groups in total. The summed E-state index contributed by atoms with van der Waals surface area (Å²) in [6.45, 7) is 3.72. The summed E-state index contributed by atoms with van der Waals surface area (Å²) >= 11 is 0. The average Bonchev–Trinajstić information content (AvgIpc) is 2.39. The minimum Gasteiger partial charge on any atom is -0.495 e. The van der Waals surface area contributed by atoms with Crippen LogP contribution in [0.5, 0.6) is 5.75 Å². The molecule has 1 aromatic carbocycles. The lowest BCUT2D eigenvalue weighted by atomic mass is 9.90. The summed E-state index contributed by atoms with van der Waals surface area (Å²) < 4.78 is 5.41. The van der Waals surface area contributed by atoms with E-state index < -0.39 is 5.54 Å². The van der Waals surface area contributed by atoms with Crippen LogP contribution in [0.4, 0.5) is 5.69 Å². The SMILES string of the molecule is COc1ccc(C)cc1N1CCCC(N)(CO)C1. The normalized spacial score (nSPS) is 24.1. The number of anilines is 1. The summed E-state index contributed by atoms with van der Waals surface area (Å²) in [5.74, 6) is 0.864. The Hall–Kier alpha value is -1.26. The maximum Gasteiger partial charge on any atom is 0.142 e. The second-order valence-corrected chi connectivity index (χ2v) is 5.22. The summed E-state index contributed by atoms with van der Waals surface area (Å²) in [6, 6.07) is 6.13. The van der Waals surface area contributed by atoms with E-state index in [0.29, 0.717) is 6.54 Å². The van der Waals surface area contributed by atoms with Crippen molar-refractivity contribution in [2.24, 2.45) is 5.73 Å². The smallest absolute Gasteiger partial charge is 0.142 e. The van der Waals surface area contributed by atoms with Gasteiger partial charge in [-0.15, -0.1) is 0 Å². The highest BCUT2D eigenvalue weighted by Gasteiger charge is 2.32. The van der Waals surface area contributed by atoms with Crippen molar-refractivity contribution in [1.82, 2.24) is 0 Å². The molecule has 100 valence electrons. The molecular formula is C14H22N2O2. The van der Waals surface area contributed by atoms with Gasteiger partial charge in [0, 0.05) is 13.1 Å². The molecule has 1 fully saturated rings. The van der Waals surface area contributed by atoms with Crippen LogP contribution >= 0.6 is 0 Å². The van der Waals surface area contributed by atoms with Crippen LogP contribution in [0.3, 0.4) is 0 Å². The zero-order valence-electron chi connectivity index (χ0n) is 11.1. The Labute approximate surface area is 108 Å². The molecule has 18 heavy (non-hydrogen) atoms. The van der Waals surface area contributed by atoms with Crippen molar-refractivity contribution in [3.05, 3.63) is 23.8 Å². The average molecular weight is 250 g/mol. The van der Waals surface area contributed by atoms with Crippen LogP contribution in [0.1, 0.15) is 18.4 Å². The number of methoxy groups -OCH3 is 1. The van der Waals surface area contributed by atoms with Gasteiger partial charge >= 0.3 is 0 Å². The highest BCUT2D eigenvalue weighted by molar-refractivity contribution is 5.60. The fraction of sp³-hybridized carbons (Fsp3) is 0.571. The zero-order chi connectivity index (χ0) is 13.2. The van der Waals surface area contributed by atoms with Gasteiger partial charge in [0.15, 0.2) is 0 Å². The number of aliphatic hydroxyl groups is 1. The van der Waals surface area contributed by atoms with Crippen LogP contribution in [0.25, 0.3) is 0 Å². The lowest BCUT2D eigenvalue weighted by molar-refractivity contribution is 0.176. The number of hydrogen-bond acceptors (Lipinski definition) is 4. The molecular weight excluding hydrogens is 228 g/mol. The predicted molar refractivity (Wildman–Crippen MR) is 73.2 cm³/mol. The van der Waals surface area contributed by atoms with Gasteiger partial charge in [0.2, 0.25) is 0 Å². The van der Waals surface area contributed by atoms with E-state index in [0.717, 1.165) is 30.8 Å². The van der Waals surface area contributed by atoms with Crippen LogP contribution in [0.15, 0.2) is 18.2 Å². The van der Waals surface area contributed by atoms with Gasteiger partial charge < -0.3 is 20.5 Å². The molecule has 0 saturated carbocycles. The molecule has 1 atom stereocenters. The molecule has 0 bridgehead atoms. The van der Waals surface area contributed by atoms with E-state index in [4.69, 9.17) is 10.5 Å². The Bertz CT molecular complexity index is 422. The first-order valence-electron chi connectivity index (χ1n) is 6.37. The maximum absolute atomic E-state index is 9.41. The van der Waals surface area contributed by atoms with Gasteiger partial charge in [-0.1, -0.05) is 6.07 Å². The molecule has 0 aromatic heterocycles. The highest BCUT2D eigenvalue weighted by Crippen LogP contribution is 2.32. The minimum atomic E-state index is -0.493. The molecule has 1 saturated heterocycles. The highest BCUT2D eigenvalue weighted by atomic mass is 16.5. The van der Waals surface area contributed by atoms with E-state index in [-0.39, 0.29) is 6.61 Å². The molecule has 1 aliphatic rings. The van der Waals surface area contributed by atoms with Gasteiger partial charge in [-0.25, -0.2) is 0 Å². The number of ether oxygens (including phenoxy) is 1. The summed E-state index contributed by atoms with van der Waals surface area (Å²) in [7, 11) is 1.68. The third kappa shape index (κ3) is 2.60. The Kier molecular flexibility index (Phi) is 3.78. The molecule has 1 aromatic rings. The van der Waals surface area contributed by atoms with Gasteiger partial charge in [-0.3, -0.25) is 0 Å². The van der Waals surface area contributed by atoms with Gasteiger partial charge in [0.25, 0.3) is 0 Å². The topological polar surface area (TPSA) is 58.7 Å². The third-order valence-electron chi connectivity index (χ3n) is 3.60. The molecule has 1 heterocycles. The number of nitrogens with zero attached hydrogens (tertiary/aromatic N) is 1. The van der Waals surface area contributed by atoms with Crippen molar-refractivity contribution in [3.8, 4) is 5.75 Å². The van der Waals surface area contributed by atoms with Crippen LogP contribution in [-0.4, -0.2) is 37.5 Å². The first-order chi connectivity index (χ1) is 8.58. The van der Waals surface area contributed by atoms with Crippen LogP contribution in [0, 0.1) is 6.92 Å². The largest absolute Gasteiger partial charge is 0.495 e. The molecule has 0 radical (unpaired) electrons. The fourth-order valence-corrected chi connectivity index (χ4v) is 2.54. The lowest BCUT2D eigenvalue weighted by Gasteiger charge is -2.40. The van der Waals surface area contributed by atoms with E-state index in [1.165, 1.54) is 5.56 Å². The minimum absolute atomic E-state index is 0.0254. The van der Waals surface area contributed by atoms with Crippen molar-refractivity contribution in [1.29, 1.82) is 0 Å². The summed E-state index contributed by atoms with van der Waals surface area (Å²) in [5, 5.41) is 9.41. The molecule has 1 unspecified atom stereocenters. The van der Waals surface area contributed by atoms with Gasteiger partial charge in [-0.05, 0) is 37.5 Å². The Balaban J connectivity index is 2.28. The Morgan fingerprint density at radius 3 is 2.94 bits per heavy atom. The fourth-order valence-electron chi connectivity index (χ4n) is 2.54. The van der Waals surface area contributed by atoms with Crippen molar-refractivity contribution in [3.63, 3.8) is 0 Å². The quantitative estimate of drug-likeness (QED) is 0.849. The number of hydrogen-bond donors (Lipinski definition) is 2. The standard InChI is InChI=1S/C14H22N2O2/c1-11-4-5-13(18-2)12(8-11)16-7-3-6-14(15,9-16)10-17/h4-5,8,17H,3,6-7,9-10,15H2,1-2H3. The van der Waals surface area contributed by atoms with E-state index in [2.05, 4.69) is 17.9 Å². The molecule has 4 nitrogen and oxygen atoms in total.